The number of allylic oxidation sites excluding steroid dienone is 1. The van der Waals surface area contributed by atoms with E-state index in [1.165, 1.54) is 22.9 Å². The third kappa shape index (κ3) is 4.04. The topological polar surface area (TPSA) is 102 Å². The van der Waals surface area contributed by atoms with E-state index in [1.807, 2.05) is 26.8 Å². The molecule has 1 aromatic carbocycles. The summed E-state index contributed by atoms with van der Waals surface area (Å²) in [6.07, 6.45) is 2.39. The van der Waals surface area contributed by atoms with E-state index in [0.717, 1.165) is 5.57 Å². The first kappa shape index (κ1) is 22.1. The Morgan fingerprint density at radius 3 is 2.56 bits per heavy atom. The van der Waals surface area contributed by atoms with Gasteiger partial charge in [-0.2, -0.15) is 5.10 Å². The van der Waals surface area contributed by atoms with Crippen LogP contribution in [0.2, 0.25) is 5.02 Å². The second kappa shape index (κ2) is 7.51. The Labute approximate surface area is 190 Å². The highest BCUT2D eigenvalue weighted by atomic mass is 35.5. The molecule has 0 saturated carbocycles. The summed E-state index contributed by atoms with van der Waals surface area (Å²) in [5, 5.41) is 7.03. The molecular formula is C22H25ClFN5O3. The zero-order chi connectivity index (χ0) is 23.4. The predicted molar refractivity (Wildman–Crippen MR) is 120 cm³/mol. The number of nitrogen functional groups attached to an aromatic ring is 1. The van der Waals surface area contributed by atoms with Crippen LogP contribution in [0.1, 0.15) is 43.2 Å². The van der Waals surface area contributed by atoms with Gasteiger partial charge in [-0.25, -0.2) is 9.18 Å². The molecule has 8 nitrogen and oxygen atoms in total. The van der Waals surface area contributed by atoms with E-state index in [0.29, 0.717) is 30.9 Å². The molecule has 0 bridgehead atoms. The van der Waals surface area contributed by atoms with Crippen molar-refractivity contribution >= 4 is 40.7 Å². The summed E-state index contributed by atoms with van der Waals surface area (Å²) in [5.74, 6) is -0.812. The van der Waals surface area contributed by atoms with Crippen molar-refractivity contribution in [3.05, 3.63) is 46.4 Å². The Kier molecular flexibility index (Phi) is 5.20. The quantitative estimate of drug-likeness (QED) is 0.717. The van der Waals surface area contributed by atoms with Gasteiger partial charge in [0.1, 0.15) is 28.5 Å². The number of benzene rings is 1. The van der Waals surface area contributed by atoms with Gasteiger partial charge in [-0.1, -0.05) is 17.7 Å². The third-order valence-corrected chi connectivity index (χ3v) is 5.78. The number of nitrogens with one attached hydrogen (secondary N) is 1. The molecule has 1 saturated heterocycles. The normalized spacial score (nSPS) is 16.8. The summed E-state index contributed by atoms with van der Waals surface area (Å²) >= 11 is 5.80. The van der Waals surface area contributed by atoms with Gasteiger partial charge in [0, 0.05) is 31.2 Å². The maximum Gasteiger partial charge on any atom is 0.410 e. The molecule has 170 valence electrons. The maximum absolute atomic E-state index is 13.4. The molecule has 1 fully saturated rings. The van der Waals surface area contributed by atoms with Gasteiger partial charge in [-0.05, 0) is 51.0 Å². The smallest absolute Gasteiger partial charge is 0.410 e. The molecule has 0 atom stereocenters. The first-order valence-electron chi connectivity index (χ1n) is 10.2. The molecule has 2 amide bonds. The number of carbonyl (C=O) groups is 2. The van der Waals surface area contributed by atoms with E-state index >= 15 is 0 Å². The van der Waals surface area contributed by atoms with Crippen molar-refractivity contribution in [1.82, 2.24) is 14.7 Å². The Hall–Kier alpha value is -3.07. The molecule has 2 heterocycles. The molecule has 2 aromatic rings. The molecular weight excluding hydrogens is 437 g/mol. The predicted octanol–water partition coefficient (Wildman–Crippen LogP) is 4.07. The standard InChI is InChI=1S/C22H25ClFN5O3/c1-21(2,3)32-20(31)29-10-22(11-29)8-12(9-22)17-16(18(25)28(4)27-17)19(30)26-13-5-6-15(24)14(23)7-13/h5-8H,9-11,25H2,1-4H3,(H,26,30). The Morgan fingerprint density at radius 2 is 1.97 bits per heavy atom. The average molecular weight is 462 g/mol. The fourth-order valence-electron chi connectivity index (χ4n) is 4.00. The highest BCUT2D eigenvalue weighted by molar-refractivity contribution is 6.31. The van der Waals surface area contributed by atoms with Crippen LogP contribution in [0.5, 0.6) is 0 Å². The lowest BCUT2D eigenvalue weighted by Crippen LogP contribution is -2.60. The van der Waals surface area contributed by atoms with Crippen molar-refractivity contribution in [1.29, 1.82) is 0 Å². The first-order valence-corrected chi connectivity index (χ1v) is 10.5. The van der Waals surface area contributed by atoms with Crippen molar-refractivity contribution in [2.45, 2.75) is 32.8 Å². The lowest BCUT2D eigenvalue weighted by atomic mass is 9.65. The zero-order valence-electron chi connectivity index (χ0n) is 18.3. The number of halogens is 2. The number of ether oxygens (including phenoxy) is 1. The van der Waals surface area contributed by atoms with Crippen molar-refractivity contribution in [2.24, 2.45) is 12.5 Å². The van der Waals surface area contributed by atoms with Crippen molar-refractivity contribution in [3.8, 4) is 0 Å². The van der Waals surface area contributed by atoms with Gasteiger partial charge in [0.15, 0.2) is 0 Å². The molecule has 1 spiro atoms. The summed E-state index contributed by atoms with van der Waals surface area (Å²) in [6.45, 7) is 6.62. The number of aryl methyl sites for hydroxylation is 1. The van der Waals surface area contributed by atoms with E-state index in [9.17, 15) is 14.0 Å². The van der Waals surface area contributed by atoms with Gasteiger partial charge in [-0.15, -0.1) is 0 Å². The zero-order valence-corrected chi connectivity index (χ0v) is 19.1. The summed E-state index contributed by atoms with van der Waals surface area (Å²) < 4.78 is 20.3. The molecule has 3 N–H and O–H groups in total. The number of nitrogens with two attached hydrogens (primary N) is 1. The molecule has 0 unspecified atom stereocenters. The molecule has 1 aromatic heterocycles. The SMILES string of the molecule is Cn1nc(C2=CC3(C2)CN(C(=O)OC(C)(C)C)C3)c(C(=O)Nc2ccc(F)c(Cl)c2)c1N. The van der Waals surface area contributed by atoms with E-state index in [2.05, 4.69) is 10.4 Å². The Balaban J connectivity index is 1.49. The number of aromatic nitrogens is 2. The van der Waals surface area contributed by atoms with Crippen molar-refractivity contribution in [3.63, 3.8) is 0 Å². The Bertz CT molecular complexity index is 1150. The van der Waals surface area contributed by atoms with E-state index in [-0.39, 0.29) is 27.9 Å². The molecule has 1 aliphatic carbocycles. The Morgan fingerprint density at radius 1 is 1.31 bits per heavy atom. The van der Waals surface area contributed by atoms with Gasteiger partial charge in [0.25, 0.3) is 5.91 Å². The molecule has 2 aliphatic rings. The van der Waals surface area contributed by atoms with Crippen LogP contribution < -0.4 is 11.1 Å². The number of likely N-dealkylation sites (tertiary alicyclic amines) is 1. The highest BCUT2D eigenvalue weighted by Crippen LogP contribution is 2.51. The average Bonchev–Trinajstić information content (AvgIpc) is 2.89. The van der Waals surface area contributed by atoms with Crippen LogP contribution in [0.15, 0.2) is 24.3 Å². The minimum atomic E-state index is -0.572. The van der Waals surface area contributed by atoms with Gasteiger partial charge in [0.05, 0.1) is 5.02 Å². The van der Waals surface area contributed by atoms with E-state index in [4.69, 9.17) is 22.1 Å². The summed E-state index contributed by atoms with van der Waals surface area (Å²) in [6, 6.07) is 3.93. The fourth-order valence-corrected chi connectivity index (χ4v) is 4.18. The van der Waals surface area contributed by atoms with Crippen LogP contribution in [0.4, 0.5) is 20.7 Å². The van der Waals surface area contributed by atoms with Crippen molar-refractivity contribution in [2.75, 3.05) is 24.1 Å². The summed E-state index contributed by atoms with van der Waals surface area (Å²) in [5.41, 5.74) is 7.44. The molecule has 32 heavy (non-hydrogen) atoms. The van der Waals surface area contributed by atoms with E-state index in [1.54, 1.807) is 11.9 Å². The van der Waals surface area contributed by atoms with Gasteiger partial charge in [-0.3, -0.25) is 9.48 Å². The van der Waals surface area contributed by atoms with Gasteiger partial charge in [0.2, 0.25) is 0 Å². The van der Waals surface area contributed by atoms with Gasteiger partial charge < -0.3 is 20.7 Å². The number of nitrogens with zero attached hydrogens (tertiary/aromatic N) is 3. The van der Waals surface area contributed by atoms with E-state index < -0.39 is 17.3 Å². The second-order valence-corrected chi connectivity index (χ2v) is 9.77. The van der Waals surface area contributed by atoms with Crippen LogP contribution >= 0.6 is 11.6 Å². The van der Waals surface area contributed by atoms with Crippen molar-refractivity contribution < 1.29 is 18.7 Å². The lowest BCUT2D eigenvalue weighted by molar-refractivity contribution is -0.0208. The maximum atomic E-state index is 13.4. The molecule has 4 rings (SSSR count). The second-order valence-electron chi connectivity index (χ2n) is 9.36. The number of carbonyl (C=O) groups excluding carboxylic acids is 2. The lowest BCUT2D eigenvalue weighted by Gasteiger charge is -2.53. The number of anilines is 2. The summed E-state index contributed by atoms with van der Waals surface area (Å²) in [7, 11) is 1.66. The summed E-state index contributed by atoms with van der Waals surface area (Å²) in [4.78, 5) is 26.8. The number of hydrogen-bond acceptors (Lipinski definition) is 5. The van der Waals surface area contributed by atoms with Gasteiger partial charge >= 0.3 is 6.09 Å². The highest BCUT2D eigenvalue weighted by Gasteiger charge is 2.51. The number of hydrogen-bond donors (Lipinski definition) is 2. The van der Waals surface area contributed by atoms with Crippen LogP contribution in [-0.2, 0) is 11.8 Å². The van der Waals surface area contributed by atoms with Crippen LogP contribution in [-0.4, -0.2) is 45.4 Å². The monoisotopic (exact) mass is 461 g/mol. The molecule has 1 aliphatic heterocycles. The number of rotatable bonds is 3. The first-order chi connectivity index (χ1) is 14.9. The third-order valence-electron chi connectivity index (χ3n) is 5.49. The minimum Gasteiger partial charge on any atom is -0.444 e. The fraction of sp³-hybridized carbons (Fsp3) is 0.409. The van der Waals surface area contributed by atoms with Crippen LogP contribution in [0.3, 0.4) is 0 Å². The largest absolute Gasteiger partial charge is 0.444 e. The van der Waals surface area contributed by atoms with Crippen LogP contribution in [0.25, 0.3) is 5.57 Å². The molecule has 10 heteroatoms. The molecule has 0 radical (unpaired) electrons. The minimum absolute atomic E-state index is 0.0923. The number of amides is 2. The van der Waals surface area contributed by atoms with Crippen LogP contribution in [0, 0.1) is 11.2 Å².